The van der Waals surface area contributed by atoms with Crippen molar-refractivity contribution in [2.45, 2.75) is 31.3 Å². The summed E-state index contributed by atoms with van der Waals surface area (Å²) in [5.41, 5.74) is 1.11. The molecule has 0 saturated heterocycles. The number of thioether (sulfide) groups is 1. The maximum atomic E-state index is 13.5. The van der Waals surface area contributed by atoms with Crippen molar-refractivity contribution in [2.75, 3.05) is 6.61 Å². The minimum Gasteiger partial charge on any atom is -0.462 e. The number of nitro groups is 1. The Labute approximate surface area is 201 Å². The van der Waals surface area contributed by atoms with Crippen LogP contribution in [0.4, 0.5) is 5.69 Å². The van der Waals surface area contributed by atoms with Crippen LogP contribution in [-0.4, -0.2) is 27.1 Å². The van der Waals surface area contributed by atoms with E-state index in [1.54, 1.807) is 30.5 Å². The van der Waals surface area contributed by atoms with E-state index in [0.29, 0.717) is 38.1 Å². The maximum absolute atomic E-state index is 13.5. The lowest BCUT2D eigenvalue weighted by molar-refractivity contribution is -0.384. The second-order valence-corrected chi connectivity index (χ2v) is 10.0. The number of nitrogens with zero attached hydrogens (tertiary/aromatic N) is 3. The van der Waals surface area contributed by atoms with E-state index in [-0.39, 0.29) is 17.9 Å². The summed E-state index contributed by atoms with van der Waals surface area (Å²) in [5.74, 6) is -0.0629. The highest BCUT2D eigenvalue weighted by Crippen LogP contribution is 2.31. The molecule has 0 fully saturated rings. The van der Waals surface area contributed by atoms with E-state index >= 15 is 0 Å². The van der Waals surface area contributed by atoms with Gasteiger partial charge in [-0.2, -0.15) is 0 Å². The van der Waals surface area contributed by atoms with Crippen molar-refractivity contribution in [1.82, 2.24) is 9.55 Å². The SMILES string of the molecule is CCOC(=O)c1sc2nc(SCc3cccc([N+](=O)[O-])c3)n(Cc3cccs3)c(=O)c2c1C. The Bertz CT molecular complexity index is 1390. The first-order chi connectivity index (χ1) is 15.9. The summed E-state index contributed by atoms with van der Waals surface area (Å²) in [4.78, 5) is 43.1. The molecule has 0 spiro atoms. The molecule has 0 N–H and O–H groups in total. The minimum absolute atomic E-state index is 0.0143. The first-order valence-corrected chi connectivity index (χ1v) is 12.7. The number of thiophene rings is 2. The van der Waals surface area contributed by atoms with Gasteiger partial charge in [0, 0.05) is 22.8 Å². The van der Waals surface area contributed by atoms with Gasteiger partial charge in [-0.1, -0.05) is 30.0 Å². The second-order valence-electron chi connectivity index (χ2n) is 7.04. The monoisotopic (exact) mass is 501 g/mol. The van der Waals surface area contributed by atoms with Crippen molar-refractivity contribution >= 4 is 56.3 Å². The zero-order valence-electron chi connectivity index (χ0n) is 17.8. The van der Waals surface area contributed by atoms with E-state index in [0.717, 1.165) is 21.8 Å². The van der Waals surface area contributed by atoms with Crippen LogP contribution in [0.1, 0.15) is 32.6 Å². The Balaban J connectivity index is 1.77. The second kappa shape index (κ2) is 9.86. The number of hydrogen-bond donors (Lipinski definition) is 0. The van der Waals surface area contributed by atoms with Crippen molar-refractivity contribution in [3.63, 3.8) is 0 Å². The van der Waals surface area contributed by atoms with Gasteiger partial charge in [-0.05, 0) is 36.4 Å². The number of rotatable bonds is 8. The number of esters is 1. The van der Waals surface area contributed by atoms with Crippen molar-refractivity contribution in [1.29, 1.82) is 0 Å². The molecule has 33 heavy (non-hydrogen) atoms. The fraction of sp³-hybridized carbons (Fsp3) is 0.227. The summed E-state index contributed by atoms with van der Waals surface area (Å²) in [5, 5.41) is 13.9. The van der Waals surface area contributed by atoms with Crippen molar-refractivity contribution in [3.8, 4) is 0 Å². The predicted molar refractivity (Wildman–Crippen MR) is 131 cm³/mol. The van der Waals surface area contributed by atoms with Gasteiger partial charge < -0.3 is 4.74 Å². The van der Waals surface area contributed by atoms with E-state index in [9.17, 15) is 19.7 Å². The number of carbonyl (C=O) groups is 1. The van der Waals surface area contributed by atoms with Crippen molar-refractivity contribution in [2.24, 2.45) is 0 Å². The fourth-order valence-electron chi connectivity index (χ4n) is 3.30. The molecule has 4 rings (SSSR count). The number of nitro benzene ring substituents is 1. The lowest BCUT2D eigenvalue weighted by Crippen LogP contribution is -2.23. The van der Waals surface area contributed by atoms with E-state index < -0.39 is 10.9 Å². The van der Waals surface area contributed by atoms with Crippen LogP contribution in [0.15, 0.2) is 51.7 Å². The molecule has 0 saturated carbocycles. The van der Waals surface area contributed by atoms with Crippen LogP contribution < -0.4 is 5.56 Å². The van der Waals surface area contributed by atoms with Gasteiger partial charge in [0.25, 0.3) is 11.2 Å². The number of fused-ring (bicyclic) bond motifs is 1. The van der Waals surface area contributed by atoms with Crippen LogP contribution in [0.5, 0.6) is 0 Å². The molecule has 1 aromatic carbocycles. The Morgan fingerprint density at radius 3 is 2.82 bits per heavy atom. The predicted octanol–water partition coefficient (Wildman–Crippen LogP) is 5.25. The largest absolute Gasteiger partial charge is 0.462 e. The third-order valence-corrected chi connectivity index (χ3v) is 7.93. The number of aryl methyl sites for hydroxylation is 1. The molecule has 8 nitrogen and oxygen atoms in total. The zero-order valence-corrected chi connectivity index (χ0v) is 20.2. The van der Waals surface area contributed by atoms with Gasteiger partial charge in [0.1, 0.15) is 9.71 Å². The van der Waals surface area contributed by atoms with Gasteiger partial charge in [0.05, 0.1) is 23.5 Å². The zero-order chi connectivity index (χ0) is 23.5. The van der Waals surface area contributed by atoms with Crippen molar-refractivity contribution in [3.05, 3.63) is 83.1 Å². The number of ether oxygens (including phenoxy) is 1. The Hall–Kier alpha value is -3.02. The summed E-state index contributed by atoms with van der Waals surface area (Å²) in [6.45, 7) is 4.06. The van der Waals surface area contributed by atoms with E-state index in [2.05, 4.69) is 0 Å². The van der Waals surface area contributed by atoms with E-state index in [4.69, 9.17) is 9.72 Å². The first-order valence-electron chi connectivity index (χ1n) is 9.98. The van der Waals surface area contributed by atoms with Gasteiger partial charge in [-0.25, -0.2) is 9.78 Å². The summed E-state index contributed by atoms with van der Waals surface area (Å²) < 4.78 is 6.74. The first kappa shape index (κ1) is 23.1. The molecule has 11 heteroatoms. The minimum atomic E-state index is -0.465. The summed E-state index contributed by atoms with van der Waals surface area (Å²) in [6.07, 6.45) is 0. The molecule has 3 aromatic heterocycles. The van der Waals surface area contributed by atoms with Gasteiger partial charge in [0.2, 0.25) is 0 Å². The molecule has 0 atom stereocenters. The van der Waals surface area contributed by atoms with E-state index in [1.807, 2.05) is 17.5 Å². The van der Waals surface area contributed by atoms with Crippen molar-refractivity contribution < 1.29 is 14.5 Å². The van der Waals surface area contributed by atoms with Gasteiger partial charge >= 0.3 is 5.97 Å². The van der Waals surface area contributed by atoms with Gasteiger partial charge in [-0.15, -0.1) is 22.7 Å². The third kappa shape index (κ3) is 4.85. The van der Waals surface area contributed by atoms with Crippen LogP contribution in [0, 0.1) is 17.0 Å². The van der Waals surface area contributed by atoms with Crippen LogP contribution in [0.25, 0.3) is 10.2 Å². The molecule has 3 heterocycles. The van der Waals surface area contributed by atoms with Gasteiger partial charge in [-0.3, -0.25) is 19.5 Å². The standard InChI is InChI=1S/C22H19N3O5S3/c1-3-30-21(27)18-13(2)17-19(33-18)23-22(24(20(17)26)11-16-8-5-9-31-16)32-12-14-6-4-7-15(10-14)25(28)29/h4-10H,3,11-12H2,1-2H3. The van der Waals surface area contributed by atoms with Crippen LogP contribution in [0.3, 0.4) is 0 Å². The number of benzene rings is 1. The molecule has 0 unspecified atom stereocenters. The van der Waals surface area contributed by atoms with Gasteiger partial charge in [0.15, 0.2) is 5.16 Å². The lowest BCUT2D eigenvalue weighted by Gasteiger charge is -2.11. The molecule has 170 valence electrons. The lowest BCUT2D eigenvalue weighted by atomic mass is 10.2. The molecule has 0 amide bonds. The molecule has 0 bridgehead atoms. The fourth-order valence-corrected chi connectivity index (χ4v) is 6.06. The average Bonchev–Trinajstić information content (AvgIpc) is 3.42. The summed E-state index contributed by atoms with van der Waals surface area (Å²) >= 11 is 4.01. The van der Waals surface area contributed by atoms with E-state index in [1.165, 1.54) is 35.2 Å². The smallest absolute Gasteiger partial charge is 0.348 e. The van der Waals surface area contributed by atoms with Crippen LogP contribution in [0.2, 0.25) is 0 Å². The normalized spacial score (nSPS) is 11.1. The van der Waals surface area contributed by atoms with Crippen LogP contribution in [-0.2, 0) is 17.0 Å². The highest BCUT2D eigenvalue weighted by Gasteiger charge is 2.23. The Morgan fingerprint density at radius 2 is 2.12 bits per heavy atom. The molecule has 4 aromatic rings. The number of non-ortho nitro benzene ring substituents is 1. The molecular formula is C22H19N3O5S3. The Kier molecular flexibility index (Phi) is 6.91. The average molecular weight is 502 g/mol. The highest BCUT2D eigenvalue weighted by molar-refractivity contribution is 7.98. The Morgan fingerprint density at radius 1 is 1.30 bits per heavy atom. The quantitative estimate of drug-likeness (QED) is 0.107. The highest BCUT2D eigenvalue weighted by atomic mass is 32.2. The number of carbonyl (C=O) groups excluding carboxylic acids is 1. The number of hydrogen-bond acceptors (Lipinski definition) is 9. The molecule has 0 aliphatic heterocycles. The molecule has 0 radical (unpaired) electrons. The third-order valence-electron chi connectivity index (χ3n) is 4.86. The molecular weight excluding hydrogens is 482 g/mol. The summed E-state index contributed by atoms with van der Waals surface area (Å²) in [6, 6.07) is 10.3. The maximum Gasteiger partial charge on any atom is 0.348 e. The molecule has 0 aliphatic carbocycles. The summed E-state index contributed by atoms with van der Waals surface area (Å²) in [7, 11) is 0. The number of aromatic nitrogens is 2. The van der Waals surface area contributed by atoms with Crippen LogP contribution >= 0.6 is 34.4 Å². The molecule has 0 aliphatic rings. The topological polar surface area (TPSA) is 104 Å².